The van der Waals surface area contributed by atoms with E-state index in [1.54, 1.807) is 0 Å². The summed E-state index contributed by atoms with van der Waals surface area (Å²) in [5.41, 5.74) is 7.75. The summed E-state index contributed by atoms with van der Waals surface area (Å²) >= 11 is 12.2. The second kappa shape index (κ2) is 8.65. The number of benzene rings is 2. The Morgan fingerprint density at radius 2 is 1.67 bits per heavy atom. The van der Waals surface area contributed by atoms with Crippen LogP contribution in [0.25, 0.3) is 5.69 Å². The monoisotopic (exact) mass is 472 g/mol. The van der Waals surface area contributed by atoms with E-state index in [2.05, 4.69) is 88.3 Å². The first kappa shape index (κ1) is 21.7. The molecule has 1 saturated heterocycles. The summed E-state index contributed by atoms with van der Waals surface area (Å²) in [5.74, 6) is 0. The zero-order valence-corrected chi connectivity index (χ0v) is 20.4. The molecule has 2 aromatic carbocycles. The topological polar surface area (TPSA) is 33.1 Å². The van der Waals surface area contributed by atoms with Gasteiger partial charge < -0.3 is 14.8 Å². The van der Waals surface area contributed by atoms with E-state index in [1.165, 1.54) is 11.1 Å². The predicted molar refractivity (Wildman–Crippen MR) is 139 cm³/mol. The number of anilines is 1. The lowest BCUT2D eigenvalue weighted by molar-refractivity contribution is 0.549. The van der Waals surface area contributed by atoms with Gasteiger partial charge in [0, 0.05) is 34.5 Å². The molecule has 4 aromatic rings. The number of hydrogen-bond donors (Lipinski definition) is 1. The molecule has 0 radical (unpaired) electrons. The fourth-order valence-corrected chi connectivity index (χ4v) is 4.92. The van der Waals surface area contributed by atoms with Gasteiger partial charge in [0.15, 0.2) is 5.11 Å². The summed E-state index contributed by atoms with van der Waals surface area (Å²) in [4.78, 5) is 6.89. The maximum absolute atomic E-state index is 6.31. The third-order valence-electron chi connectivity index (χ3n) is 6.37. The van der Waals surface area contributed by atoms with Gasteiger partial charge >= 0.3 is 0 Å². The minimum atomic E-state index is -0.0950. The van der Waals surface area contributed by atoms with E-state index in [0.29, 0.717) is 5.11 Å². The van der Waals surface area contributed by atoms with Crippen molar-refractivity contribution in [1.29, 1.82) is 0 Å². The molecule has 0 amide bonds. The van der Waals surface area contributed by atoms with E-state index in [1.807, 2.05) is 31.3 Å². The maximum atomic E-state index is 6.31. The van der Waals surface area contributed by atoms with Crippen LogP contribution in [0, 0.1) is 20.8 Å². The van der Waals surface area contributed by atoms with Crippen LogP contribution in [0.3, 0.4) is 0 Å². The summed E-state index contributed by atoms with van der Waals surface area (Å²) in [7, 11) is 0. The zero-order valence-electron chi connectivity index (χ0n) is 18.8. The molecule has 166 valence electrons. The van der Waals surface area contributed by atoms with E-state index in [9.17, 15) is 0 Å². The van der Waals surface area contributed by atoms with Crippen LogP contribution in [0.15, 0.2) is 79.1 Å². The molecule has 2 aromatic heterocycles. The Bertz CT molecular complexity index is 1330. The summed E-state index contributed by atoms with van der Waals surface area (Å²) in [6.07, 6.45) is 3.92. The first-order valence-electron chi connectivity index (χ1n) is 11.0. The normalized spacial score (nSPS) is 17.9. The van der Waals surface area contributed by atoms with E-state index < -0.39 is 0 Å². The van der Waals surface area contributed by atoms with Gasteiger partial charge in [0.2, 0.25) is 0 Å². The molecule has 3 heterocycles. The van der Waals surface area contributed by atoms with Crippen LogP contribution >= 0.6 is 23.8 Å². The van der Waals surface area contributed by atoms with Crippen LogP contribution < -0.4 is 10.2 Å². The number of aryl methyl sites for hydroxylation is 3. The van der Waals surface area contributed by atoms with Crippen molar-refractivity contribution in [2.45, 2.75) is 32.9 Å². The number of nitrogens with zero attached hydrogens (tertiary/aromatic N) is 3. The van der Waals surface area contributed by atoms with Crippen LogP contribution in [0.5, 0.6) is 0 Å². The first-order chi connectivity index (χ1) is 15.9. The van der Waals surface area contributed by atoms with Gasteiger partial charge in [-0.3, -0.25) is 4.98 Å². The van der Waals surface area contributed by atoms with Crippen LogP contribution in [0.1, 0.15) is 40.2 Å². The highest BCUT2D eigenvalue weighted by Gasteiger charge is 2.42. The van der Waals surface area contributed by atoms with Crippen molar-refractivity contribution in [3.63, 3.8) is 0 Å². The highest BCUT2D eigenvalue weighted by Crippen LogP contribution is 2.42. The summed E-state index contributed by atoms with van der Waals surface area (Å²) in [6.45, 7) is 6.29. The van der Waals surface area contributed by atoms with E-state index in [4.69, 9.17) is 23.8 Å². The fourth-order valence-electron chi connectivity index (χ4n) is 4.46. The Balaban J connectivity index is 1.68. The molecular formula is C27H25ClN4S. The lowest BCUT2D eigenvalue weighted by Crippen LogP contribution is -2.30. The molecule has 6 heteroatoms. The van der Waals surface area contributed by atoms with E-state index in [-0.39, 0.29) is 12.1 Å². The molecule has 2 atom stereocenters. The molecule has 1 aliphatic rings. The number of rotatable bonds is 4. The first-order valence-corrected chi connectivity index (χ1v) is 11.7. The smallest absolute Gasteiger partial charge is 0.174 e. The standard InChI is InChI=1S/C27H25ClN4S/c1-17-9-10-21(15-18(17)2)32-26(25(30-27(32)33)23-7-4-5-13-29-23)24-8-6-14-31(24)20-11-12-22(28)19(3)16-20/h4-16,25-26H,1-3H3,(H,30,33)/t25-,26+/m0/s1. The van der Waals surface area contributed by atoms with Crippen molar-refractivity contribution < 1.29 is 0 Å². The van der Waals surface area contributed by atoms with Crippen molar-refractivity contribution in [1.82, 2.24) is 14.9 Å². The van der Waals surface area contributed by atoms with Crippen molar-refractivity contribution in [2.75, 3.05) is 4.90 Å². The second-order valence-electron chi connectivity index (χ2n) is 8.50. The molecule has 1 aliphatic heterocycles. The molecular weight excluding hydrogens is 448 g/mol. The Kier molecular flexibility index (Phi) is 5.69. The fraction of sp³-hybridized carbons (Fsp3) is 0.185. The van der Waals surface area contributed by atoms with Crippen LogP contribution in [-0.4, -0.2) is 14.7 Å². The maximum Gasteiger partial charge on any atom is 0.174 e. The SMILES string of the molecule is Cc1ccc(N2C(=S)N[C@@H](c3ccccn3)[C@H]2c2cccn2-c2ccc(Cl)c(C)c2)cc1C. The number of nitrogens with one attached hydrogen (secondary N) is 1. The minimum absolute atomic E-state index is 0.0829. The summed E-state index contributed by atoms with van der Waals surface area (Å²) in [5, 5.41) is 5.01. The van der Waals surface area contributed by atoms with Crippen LogP contribution in [-0.2, 0) is 0 Å². The van der Waals surface area contributed by atoms with Crippen molar-refractivity contribution in [3.8, 4) is 5.69 Å². The number of pyridine rings is 1. The average Bonchev–Trinajstić information content (AvgIpc) is 3.42. The van der Waals surface area contributed by atoms with Gasteiger partial charge in [-0.15, -0.1) is 0 Å². The number of halogens is 1. The molecule has 0 spiro atoms. The zero-order chi connectivity index (χ0) is 23.1. The predicted octanol–water partition coefficient (Wildman–Crippen LogP) is 6.63. The molecule has 1 N–H and O–H groups in total. The number of thiocarbonyl (C=S) groups is 1. The van der Waals surface area contributed by atoms with E-state index >= 15 is 0 Å². The molecule has 5 rings (SSSR count). The third-order valence-corrected chi connectivity index (χ3v) is 7.11. The average molecular weight is 473 g/mol. The molecule has 0 saturated carbocycles. The summed E-state index contributed by atoms with van der Waals surface area (Å²) < 4.78 is 2.22. The van der Waals surface area contributed by atoms with Crippen molar-refractivity contribution in [2.24, 2.45) is 0 Å². The lowest BCUT2D eigenvalue weighted by Gasteiger charge is -2.29. The third kappa shape index (κ3) is 3.92. The lowest BCUT2D eigenvalue weighted by atomic mass is 10.00. The van der Waals surface area contributed by atoms with Gasteiger partial charge in [0.25, 0.3) is 0 Å². The van der Waals surface area contributed by atoms with Crippen LogP contribution in [0.2, 0.25) is 5.02 Å². The molecule has 33 heavy (non-hydrogen) atoms. The Morgan fingerprint density at radius 3 is 2.39 bits per heavy atom. The highest BCUT2D eigenvalue weighted by atomic mass is 35.5. The Morgan fingerprint density at radius 1 is 0.879 bits per heavy atom. The quantitative estimate of drug-likeness (QED) is 0.338. The Hall–Kier alpha value is -3.15. The molecule has 4 nitrogen and oxygen atoms in total. The van der Waals surface area contributed by atoms with Gasteiger partial charge in [0.1, 0.15) is 6.04 Å². The largest absolute Gasteiger partial charge is 0.351 e. The molecule has 0 unspecified atom stereocenters. The molecule has 0 bridgehead atoms. The van der Waals surface area contributed by atoms with E-state index in [0.717, 1.165) is 33.3 Å². The van der Waals surface area contributed by atoms with Gasteiger partial charge in [-0.25, -0.2) is 0 Å². The van der Waals surface area contributed by atoms with Gasteiger partial charge in [-0.1, -0.05) is 23.7 Å². The highest BCUT2D eigenvalue weighted by molar-refractivity contribution is 7.80. The van der Waals surface area contributed by atoms with Crippen molar-refractivity contribution in [3.05, 3.63) is 112 Å². The van der Waals surface area contributed by atoms with Gasteiger partial charge in [-0.05, 0) is 104 Å². The number of aromatic nitrogens is 2. The Labute approximate surface area is 204 Å². The minimum Gasteiger partial charge on any atom is -0.351 e. The van der Waals surface area contributed by atoms with Crippen molar-refractivity contribution >= 4 is 34.6 Å². The summed E-state index contributed by atoms with van der Waals surface area (Å²) in [6, 6.07) is 22.7. The second-order valence-corrected chi connectivity index (χ2v) is 9.30. The van der Waals surface area contributed by atoms with Gasteiger partial charge in [0.05, 0.1) is 11.7 Å². The van der Waals surface area contributed by atoms with Crippen LogP contribution in [0.4, 0.5) is 5.69 Å². The molecule has 1 fully saturated rings. The number of hydrogen-bond acceptors (Lipinski definition) is 2. The van der Waals surface area contributed by atoms with Gasteiger partial charge in [-0.2, -0.15) is 0 Å². The molecule has 0 aliphatic carbocycles.